The maximum Gasteiger partial charge on any atom is 0.0634 e. The van der Waals surface area contributed by atoms with E-state index >= 15 is 0 Å². The van der Waals surface area contributed by atoms with Crippen LogP contribution in [0.25, 0.3) is 9.75 Å². The Morgan fingerprint density at radius 2 is 2.14 bits per heavy atom. The Labute approximate surface area is 90.8 Å². The second kappa shape index (κ2) is 4.23. The molecule has 0 spiro atoms. The van der Waals surface area contributed by atoms with E-state index in [1.165, 1.54) is 9.75 Å². The van der Waals surface area contributed by atoms with Crippen LogP contribution >= 0.6 is 22.7 Å². The minimum atomic E-state index is 0.00807. The van der Waals surface area contributed by atoms with Gasteiger partial charge in [-0.3, -0.25) is 0 Å². The van der Waals surface area contributed by atoms with E-state index in [0.717, 1.165) is 4.88 Å². The maximum atomic E-state index is 8.79. The zero-order valence-corrected chi connectivity index (χ0v) is 9.36. The molecule has 0 aliphatic carbocycles. The van der Waals surface area contributed by atoms with Gasteiger partial charge in [-0.1, -0.05) is 6.07 Å². The van der Waals surface area contributed by atoms with Crippen LogP contribution < -0.4 is 5.48 Å². The minimum absolute atomic E-state index is 0.00807. The zero-order valence-electron chi connectivity index (χ0n) is 7.73. The summed E-state index contributed by atoms with van der Waals surface area (Å²) in [4.78, 5) is 3.69. The lowest BCUT2D eigenvalue weighted by atomic mass is 10.3. The summed E-state index contributed by atoms with van der Waals surface area (Å²) < 4.78 is 0. The van der Waals surface area contributed by atoms with Crippen LogP contribution in [0, 0.1) is 0 Å². The van der Waals surface area contributed by atoms with Gasteiger partial charge in [-0.25, -0.2) is 0 Å². The Morgan fingerprint density at radius 1 is 1.29 bits per heavy atom. The van der Waals surface area contributed by atoms with Crippen molar-refractivity contribution in [3.63, 3.8) is 0 Å². The molecule has 2 aromatic rings. The number of hydroxylamine groups is 1. The molecule has 2 rings (SSSR count). The molecule has 0 aliphatic heterocycles. The van der Waals surface area contributed by atoms with E-state index in [9.17, 15) is 0 Å². The molecular weight excluding hydrogens is 214 g/mol. The van der Waals surface area contributed by atoms with Gasteiger partial charge in [-0.2, -0.15) is 5.48 Å². The van der Waals surface area contributed by atoms with Crippen LogP contribution in [-0.2, 0) is 0 Å². The van der Waals surface area contributed by atoms with E-state index < -0.39 is 0 Å². The molecule has 0 bridgehead atoms. The second-order valence-corrected chi connectivity index (χ2v) is 5.09. The molecule has 0 saturated carbocycles. The first-order valence-electron chi connectivity index (χ1n) is 4.34. The third-order valence-corrected chi connectivity index (χ3v) is 4.34. The Hall–Kier alpha value is -0.680. The molecular formula is C10H11NOS2. The molecule has 0 aromatic carbocycles. The van der Waals surface area contributed by atoms with Crippen LogP contribution in [0.5, 0.6) is 0 Å². The van der Waals surface area contributed by atoms with Gasteiger partial charge in [-0.05, 0) is 30.5 Å². The van der Waals surface area contributed by atoms with Gasteiger partial charge < -0.3 is 5.21 Å². The molecule has 2 nitrogen and oxygen atoms in total. The summed E-state index contributed by atoms with van der Waals surface area (Å²) >= 11 is 3.45. The molecule has 0 aliphatic rings. The molecule has 14 heavy (non-hydrogen) atoms. The summed E-state index contributed by atoms with van der Waals surface area (Å²) in [6, 6.07) is 8.31. The van der Waals surface area contributed by atoms with Crippen LogP contribution in [0.4, 0.5) is 0 Å². The monoisotopic (exact) mass is 225 g/mol. The molecule has 0 saturated heterocycles. The predicted molar refractivity (Wildman–Crippen MR) is 61.0 cm³/mol. The SMILES string of the molecule is CC(NO)c1ccc(-c2cccs2)s1. The molecule has 0 amide bonds. The van der Waals surface area contributed by atoms with Crippen molar-refractivity contribution in [2.75, 3.05) is 0 Å². The number of thiophene rings is 2. The van der Waals surface area contributed by atoms with Gasteiger partial charge in [0.05, 0.1) is 6.04 Å². The standard InChI is InChI=1S/C10H11NOS2/c1-7(11-12)8-4-5-10(14-8)9-3-2-6-13-9/h2-7,11-12H,1H3. The molecule has 2 aromatic heterocycles. The lowest BCUT2D eigenvalue weighted by Gasteiger charge is -2.04. The number of hydrogen-bond acceptors (Lipinski definition) is 4. The zero-order chi connectivity index (χ0) is 9.97. The fraction of sp³-hybridized carbons (Fsp3) is 0.200. The highest BCUT2D eigenvalue weighted by Gasteiger charge is 2.08. The average Bonchev–Trinajstić information content (AvgIpc) is 2.86. The lowest BCUT2D eigenvalue weighted by Crippen LogP contribution is -2.11. The van der Waals surface area contributed by atoms with Crippen LogP contribution in [0.1, 0.15) is 17.8 Å². The molecule has 0 radical (unpaired) electrons. The van der Waals surface area contributed by atoms with Gasteiger partial charge in [0.15, 0.2) is 0 Å². The van der Waals surface area contributed by atoms with Crippen LogP contribution in [0.3, 0.4) is 0 Å². The van der Waals surface area contributed by atoms with Crippen molar-refractivity contribution in [2.45, 2.75) is 13.0 Å². The third-order valence-electron chi connectivity index (χ3n) is 2.01. The van der Waals surface area contributed by atoms with Crippen molar-refractivity contribution < 1.29 is 5.21 Å². The minimum Gasteiger partial charge on any atom is -0.316 e. The van der Waals surface area contributed by atoms with E-state index in [1.54, 1.807) is 22.7 Å². The quantitative estimate of drug-likeness (QED) is 0.783. The average molecular weight is 225 g/mol. The fourth-order valence-electron chi connectivity index (χ4n) is 1.20. The Morgan fingerprint density at radius 3 is 2.79 bits per heavy atom. The Kier molecular flexibility index (Phi) is 2.98. The van der Waals surface area contributed by atoms with Gasteiger partial charge in [0.1, 0.15) is 0 Å². The van der Waals surface area contributed by atoms with Gasteiger partial charge >= 0.3 is 0 Å². The molecule has 74 valence electrons. The number of rotatable bonds is 3. The van der Waals surface area contributed by atoms with Crippen LogP contribution in [-0.4, -0.2) is 5.21 Å². The van der Waals surface area contributed by atoms with Crippen LogP contribution in [0.15, 0.2) is 29.6 Å². The second-order valence-electron chi connectivity index (χ2n) is 3.03. The van der Waals surface area contributed by atoms with Crippen molar-refractivity contribution in [1.29, 1.82) is 0 Å². The van der Waals surface area contributed by atoms with E-state index in [4.69, 9.17) is 5.21 Å². The van der Waals surface area contributed by atoms with E-state index in [1.807, 2.05) is 19.1 Å². The van der Waals surface area contributed by atoms with E-state index in [2.05, 4.69) is 23.0 Å². The Bertz CT molecular complexity index is 394. The fourth-order valence-corrected chi connectivity index (χ4v) is 3.04. The Balaban J connectivity index is 2.26. The summed E-state index contributed by atoms with van der Waals surface area (Å²) in [7, 11) is 0. The molecule has 1 atom stereocenters. The van der Waals surface area contributed by atoms with Crippen LogP contribution in [0.2, 0.25) is 0 Å². The third kappa shape index (κ3) is 1.88. The summed E-state index contributed by atoms with van der Waals surface area (Å²) in [6.07, 6.45) is 0. The first-order valence-corrected chi connectivity index (χ1v) is 6.04. The smallest absolute Gasteiger partial charge is 0.0634 e. The van der Waals surface area contributed by atoms with Crippen molar-refractivity contribution >= 4 is 22.7 Å². The van der Waals surface area contributed by atoms with Crippen molar-refractivity contribution in [1.82, 2.24) is 5.48 Å². The van der Waals surface area contributed by atoms with E-state index in [-0.39, 0.29) is 6.04 Å². The molecule has 2 N–H and O–H groups in total. The highest BCUT2D eigenvalue weighted by Crippen LogP contribution is 2.33. The first-order chi connectivity index (χ1) is 6.81. The summed E-state index contributed by atoms with van der Waals surface area (Å²) in [6.45, 7) is 1.93. The molecule has 1 unspecified atom stereocenters. The highest BCUT2D eigenvalue weighted by molar-refractivity contribution is 7.21. The van der Waals surface area contributed by atoms with Gasteiger partial charge in [-0.15, -0.1) is 22.7 Å². The van der Waals surface area contributed by atoms with Crippen molar-refractivity contribution in [2.24, 2.45) is 0 Å². The summed E-state index contributed by atoms with van der Waals surface area (Å²) in [5.41, 5.74) is 2.25. The van der Waals surface area contributed by atoms with Gasteiger partial charge in [0, 0.05) is 14.6 Å². The highest BCUT2D eigenvalue weighted by atomic mass is 32.1. The number of hydrogen-bond donors (Lipinski definition) is 2. The topological polar surface area (TPSA) is 32.3 Å². The normalized spacial score (nSPS) is 13.0. The lowest BCUT2D eigenvalue weighted by molar-refractivity contribution is 0.135. The number of nitrogens with one attached hydrogen (secondary N) is 1. The molecule has 2 heterocycles. The summed E-state index contributed by atoms with van der Waals surface area (Å²) in [5, 5.41) is 10.9. The van der Waals surface area contributed by atoms with Crippen molar-refractivity contribution in [3.05, 3.63) is 34.5 Å². The molecule has 0 fully saturated rings. The molecule has 4 heteroatoms. The largest absolute Gasteiger partial charge is 0.316 e. The first kappa shape index (κ1) is 9.86. The van der Waals surface area contributed by atoms with Crippen molar-refractivity contribution in [3.8, 4) is 9.75 Å². The van der Waals surface area contributed by atoms with E-state index in [0.29, 0.717) is 0 Å². The summed E-state index contributed by atoms with van der Waals surface area (Å²) in [5.74, 6) is 0. The van der Waals surface area contributed by atoms with Gasteiger partial charge in [0.2, 0.25) is 0 Å². The maximum absolute atomic E-state index is 8.79. The van der Waals surface area contributed by atoms with Gasteiger partial charge in [0.25, 0.3) is 0 Å². The predicted octanol–water partition coefficient (Wildman–Crippen LogP) is 3.52.